The van der Waals surface area contributed by atoms with Crippen LogP contribution in [0.15, 0.2) is 18.2 Å². The van der Waals surface area contributed by atoms with Gasteiger partial charge in [0.15, 0.2) is 0 Å². The minimum atomic E-state index is -0.426. The molecule has 1 saturated carbocycles. The van der Waals surface area contributed by atoms with Crippen molar-refractivity contribution in [3.8, 4) is 0 Å². The van der Waals surface area contributed by atoms with Gasteiger partial charge in [-0.05, 0) is 56.2 Å². The van der Waals surface area contributed by atoms with Gasteiger partial charge in [-0.3, -0.25) is 9.59 Å². The Bertz CT molecular complexity index is 1070. The average Bonchev–Trinajstić information content (AvgIpc) is 3.30. The molecule has 3 amide bonds. The van der Waals surface area contributed by atoms with E-state index in [4.69, 9.17) is 32.7 Å². The maximum Gasteiger partial charge on any atom is 0.409 e. The fraction of sp³-hybridized carbons (Fsp3) is 0.679. The number of carbonyl (C=O) groups is 3. The van der Waals surface area contributed by atoms with Crippen LogP contribution < -0.4 is 0 Å². The highest BCUT2D eigenvalue weighted by atomic mass is 35.5. The first-order valence-corrected chi connectivity index (χ1v) is 14.5. The minimum absolute atomic E-state index is 0.0554. The van der Waals surface area contributed by atoms with Crippen LogP contribution in [0, 0.1) is 11.3 Å². The molecule has 3 atom stereocenters. The van der Waals surface area contributed by atoms with E-state index in [0.717, 1.165) is 31.2 Å². The van der Waals surface area contributed by atoms with Gasteiger partial charge in [-0.2, -0.15) is 0 Å². The molecule has 4 aliphatic rings. The topological polar surface area (TPSA) is 79.4 Å². The van der Waals surface area contributed by atoms with E-state index in [0.29, 0.717) is 55.7 Å². The van der Waals surface area contributed by atoms with Gasteiger partial charge in [-0.25, -0.2) is 4.79 Å². The predicted octanol–water partition coefficient (Wildman–Crippen LogP) is 4.57. The van der Waals surface area contributed by atoms with Crippen molar-refractivity contribution in [1.82, 2.24) is 14.7 Å². The highest BCUT2D eigenvalue weighted by molar-refractivity contribution is 6.42. The molecule has 8 nitrogen and oxygen atoms in total. The number of amides is 3. The Morgan fingerprint density at radius 3 is 2.45 bits per heavy atom. The molecule has 0 N–H and O–H groups in total. The Hall–Kier alpha value is -2.03. The summed E-state index contributed by atoms with van der Waals surface area (Å²) in [7, 11) is 1.73. The Morgan fingerprint density at radius 1 is 1.08 bits per heavy atom. The zero-order valence-corrected chi connectivity index (χ0v) is 23.7. The first kappa shape index (κ1) is 27.5. The highest BCUT2D eigenvalue weighted by Crippen LogP contribution is 2.47. The lowest BCUT2D eigenvalue weighted by molar-refractivity contribution is -0.142. The Kier molecular flexibility index (Phi) is 8.13. The summed E-state index contributed by atoms with van der Waals surface area (Å²) in [5, 5.41) is 0.904. The standard InChI is InChI=1S/C28H37Cl2N3O5/c1-28(9-10-28)26(35)32-11-7-18(8-12-32)25(34)33-15-21(19-5-6-22(29)23(30)14-19)24(16-33)31(2)27(36)38-17-20-4-3-13-37-20/h5-6,14,18,20-21,24H,3-4,7-13,15-17H2,1-2H3. The molecular formula is C28H37Cl2N3O5. The lowest BCUT2D eigenvalue weighted by Crippen LogP contribution is -2.46. The van der Waals surface area contributed by atoms with Crippen LogP contribution in [0.3, 0.4) is 0 Å². The molecular weight excluding hydrogens is 529 g/mol. The molecule has 38 heavy (non-hydrogen) atoms. The van der Waals surface area contributed by atoms with Gasteiger partial charge in [0, 0.05) is 57.1 Å². The number of hydrogen-bond donors (Lipinski definition) is 0. The van der Waals surface area contributed by atoms with Crippen LogP contribution in [0.25, 0.3) is 0 Å². The number of likely N-dealkylation sites (tertiary alicyclic amines) is 2. The van der Waals surface area contributed by atoms with Crippen LogP contribution in [0.5, 0.6) is 0 Å². The Morgan fingerprint density at radius 2 is 1.82 bits per heavy atom. The van der Waals surface area contributed by atoms with Gasteiger partial charge in [-0.1, -0.05) is 36.2 Å². The number of halogens is 2. The van der Waals surface area contributed by atoms with Crippen molar-refractivity contribution >= 4 is 41.1 Å². The lowest BCUT2D eigenvalue weighted by atomic mass is 9.93. The number of nitrogens with zero attached hydrogens (tertiary/aromatic N) is 3. The van der Waals surface area contributed by atoms with E-state index in [1.54, 1.807) is 18.0 Å². The number of benzene rings is 1. The molecule has 3 aliphatic heterocycles. The van der Waals surface area contributed by atoms with Crippen molar-refractivity contribution in [2.45, 2.75) is 63.5 Å². The van der Waals surface area contributed by atoms with Gasteiger partial charge in [0.05, 0.1) is 22.2 Å². The number of rotatable bonds is 6. The van der Waals surface area contributed by atoms with Crippen molar-refractivity contribution in [1.29, 1.82) is 0 Å². The second kappa shape index (κ2) is 11.2. The third-order valence-electron chi connectivity index (χ3n) is 8.82. The zero-order valence-electron chi connectivity index (χ0n) is 22.2. The quantitative estimate of drug-likeness (QED) is 0.504. The number of likely N-dealkylation sites (N-methyl/N-ethyl adjacent to an activating group) is 1. The first-order valence-electron chi connectivity index (χ1n) is 13.7. The Balaban J connectivity index is 1.26. The van der Waals surface area contributed by atoms with E-state index in [1.165, 1.54) is 0 Å². The molecule has 0 spiro atoms. The molecule has 1 aliphatic carbocycles. The summed E-state index contributed by atoms with van der Waals surface area (Å²) in [6.07, 6.45) is 4.63. The lowest BCUT2D eigenvalue weighted by Gasteiger charge is -2.34. The van der Waals surface area contributed by atoms with Crippen LogP contribution in [-0.4, -0.2) is 91.2 Å². The van der Waals surface area contributed by atoms with Crippen LogP contribution >= 0.6 is 23.2 Å². The average molecular weight is 567 g/mol. The van der Waals surface area contributed by atoms with Crippen molar-refractivity contribution in [3.63, 3.8) is 0 Å². The van der Waals surface area contributed by atoms with E-state index in [-0.39, 0.29) is 47.8 Å². The Labute approximate surface area is 234 Å². The first-order chi connectivity index (χ1) is 18.2. The van der Waals surface area contributed by atoms with Crippen LogP contribution in [0.4, 0.5) is 4.79 Å². The maximum absolute atomic E-state index is 13.6. The maximum atomic E-state index is 13.6. The van der Waals surface area contributed by atoms with Crippen molar-refractivity contribution in [2.24, 2.45) is 11.3 Å². The fourth-order valence-corrected chi connectivity index (χ4v) is 6.28. The summed E-state index contributed by atoms with van der Waals surface area (Å²) in [6, 6.07) is 5.21. The smallest absolute Gasteiger partial charge is 0.409 e. The van der Waals surface area contributed by atoms with E-state index >= 15 is 0 Å². The molecule has 0 aromatic heterocycles. The number of hydrogen-bond acceptors (Lipinski definition) is 5. The molecule has 0 radical (unpaired) electrons. The van der Waals surface area contributed by atoms with Gasteiger partial charge < -0.3 is 24.2 Å². The summed E-state index contributed by atoms with van der Waals surface area (Å²) in [5.74, 6) is 0.0531. The SMILES string of the molecule is CN(C(=O)OCC1CCCO1)C1CN(C(=O)C2CCN(C(=O)C3(C)CC3)CC2)CC1c1ccc(Cl)c(Cl)c1. The van der Waals surface area contributed by atoms with Gasteiger partial charge in [-0.15, -0.1) is 0 Å². The van der Waals surface area contributed by atoms with Gasteiger partial charge in [0.1, 0.15) is 6.61 Å². The second-order valence-corrected chi connectivity index (χ2v) is 12.4. The van der Waals surface area contributed by atoms with Crippen molar-refractivity contribution < 1.29 is 23.9 Å². The van der Waals surface area contributed by atoms with Gasteiger partial charge in [0.25, 0.3) is 0 Å². The summed E-state index contributed by atoms with van der Waals surface area (Å²) in [5.41, 5.74) is 0.742. The number of ether oxygens (including phenoxy) is 2. The summed E-state index contributed by atoms with van der Waals surface area (Å²) in [4.78, 5) is 44.8. The normalized spacial score (nSPS) is 26.9. The van der Waals surface area contributed by atoms with Crippen molar-refractivity contribution in [3.05, 3.63) is 33.8 Å². The van der Waals surface area contributed by atoms with Crippen LogP contribution in [0.2, 0.25) is 10.0 Å². The fourth-order valence-electron chi connectivity index (χ4n) is 5.98. The molecule has 208 valence electrons. The third-order valence-corrected chi connectivity index (χ3v) is 9.56. The third kappa shape index (κ3) is 5.77. The highest BCUT2D eigenvalue weighted by Gasteiger charge is 2.48. The predicted molar refractivity (Wildman–Crippen MR) is 144 cm³/mol. The molecule has 1 aromatic rings. The van der Waals surface area contributed by atoms with Gasteiger partial charge in [0.2, 0.25) is 11.8 Å². The molecule has 1 aromatic carbocycles. The van der Waals surface area contributed by atoms with Crippen LogP contribution in [-0.2, 0) is 19.1 Å². The molecule has 3 unspecified atom stereocenters. The van der Waals surface area contributed by atoms with Gasteiger partial charge >= 0.3 is 6.09 Å². The molecule has 10 heteroatoms. The summed E-state index contributed by atoms with van der Waals surface area (Å²) >= 11 is 12.5. The number of piperidine rings is 1. The van der Waals surface area contributed by atoms with Crippen molar-refractivity contribution in [2.75, 3.05) is 46.4 Å². The summed E-state index contributed by atoms with van der Waals surface area (Å²) < 4.78 is 11.2. The molecule has 0 bridgehead atoms. The minimum Gasteiger partial charge on any atom is -0.447 e. The van der Waals surface area contributed by atoms with Crippen LogP contribution in [0.1, 0.15) is 56.9 Å². The molecule has 4 fully saturated rings. The molecule has 3 saturated heterocycles. The van der Waals surface area contributed by atoms with E-state index in [2.05, 4.69) is 0 Å². The monoisotopic (exact) mass is 565 g/mol. The summed E-state index contributed by atoms with van der Waals surface area (Å²) in [6.45, 7) is 5.08. The molecule has 3 heterocycles. The van der Waals surface area contributed by atoms with E-state index in [9.17, 15) is 14.4 Å². The largest absolute Gasteiger partial charge is 0.447 e. The second-order valence-electron chi connectivity index (χ2n) is 11.5. The molecule has 5 rings (SSSR count). The number of carbonyl (C=O) groups excluding carboxylic acids is 3. The van der Waals surface area contributed by atoms with E-state index in [1.807, 2.05) is 28.9 Å². The van der Waals surface area contributed by atoms with E-state index < -0.39 is 6.09 Å². The zero-order chi connectivity index (χ0) is 27.0.